The van der Waals surface area contributed by atoms with Crippen LogP contribution >= 0.6 is 15.9 Å². The second-order valence-electron chi connectivity index (χ2n) is 5.70. The summed E-state index contributed by atoms with van der Waals surface area (Å²) in [6.45, 7) is 4.79. The number of hydrogen-bond acceptors (Lipinski definition) is 5. The van der Waals surface area contributed by atoms with Gasteiger partial charge in [-0.25, -0.2) is 9.97 Å². The number of piperazine rings is 1. The fourth-order valence-electron chi connectivity index (χ4n) is 3.01. The lowest BCUT2D eigenvalue weighted by Crippen LogP contribution is -2.46. The van der Waals surface area contributed by atoms with Gasteiger partial charge in [-0.05, 0) is 30.3 Å². The number of nitrogens with zero attached hydrogens (tertiary/aromatic N) is 4. The maximum Gasteiger partial charge on any atom is 0.140 e. The lowest BCUT2D eigenvalue weighted by Gasteiger charge is -2.35. The highest BCUT2D eigenvalue weighted by atomic mass is 79.9. The summed E-state index contributed by atoms with van der Waals surface area (Å²) in [6.07, 6.45) is 3.39. The molecular weight excluding hydrogens is 356 g/mol. The van der Waals surface area contributed by atoms with Crippen molar-refractivity contribution >= 4 is 32.7 Å². The molecular formula is C17H17BrN4O. The van der Waals surface area contributed by atoms with E-state index in [-0.39, 0.29) is 0 Å². The fourth-order valence-corrected chi connectivity index (χ4v) is 3.37. The van der Waals surface area contributed by atoms with Crippen molar-refractivity contribution in [1.82, 2.24) is 14.9 Å². The molecule has 0 aliphatic carbocycles. The number of anilines is 1. The van der Waals surface area contributed by atoms with Gasteiger partial charge in [-0.2, -0.15) is 0 Å². The average molecular weight is 373 g/mol. The van der Waals surface area contributed by atoms with Gasteiger partial charge >= 0.3 is 0 Å². The van der Waals surface area contributed by atoms with Crippen molar-refractivity contribution in [3.63, 3.8) is 0 Å². The molecule has 2 aromatic heterocycles. The molecule has 0 N–H and O–H groups in total. The minimum Gasteiger partial charge on any atom is -0.468 e. The number of halogens is 1. The Balaban J connectivity index is 1.51. The normalized spacial score (nSPS) is 16.1. The van der Waals surface area contributed by atoms with E-state index in [2.05, 4.69) is 41.8 Å². The lowest BCUT2D eigenvalue weighted by molar-refractivity contribution is 0.230. The Morgan fingerprint density at radius 2 is 1.96 bits per heavy atom. The largest absolute Gasteiger partial charge is 0.468 e. The maximum absolute atomic E-state index is 5.44. The first-order valence-electron chi connectivity index (χ1n) is 7.69. The van der Waals surface area contributed by atoms with E-state index in [4.69, 9.17) is 4.42 Å². The molecule has 1 aliphatic heterocycles. The molecule has 0 saturated carbocycles. The quantitative estimate of drug-likeness (QED) is 0.705. The van der Waals surface area contributed by atoms with E-state index < -0.39 is 0 Å². The third kappa shape index (κ3) is 3.09. The molecule has 0 spiro atoms. The number of rotatable bonds is 3. The van der Waals surface area contributed by atoms with Crippen LogP contribution in [-0.4, -0.2) is 41.0 Å². The number of benzene rings is 1. The molecule has 1 fully saturated rings. The van der Waals surface area contributed by atoms with E-state index in [0.29, 0.717) is 0 Å². The molecule has 6 heteroatoms. The molecule has 0 amide bonds. The molecule has 3 heterocycles. The fraction of sp³-hybridized carbons (Fsp3) is 0.294. The van der Waals surface area contributed by atoms with E-state index in [9.17, 15) is 0 Å². The molecule has 0 bridgehead atoms. The Bertz CT molecular complexity index is 797. The Morgan fingerprint density at radius 1 is 1.09 bits per heavy atom. The number of hydrogen-bond donors (Lipinski definition) is 0. The van der Waals surface area contributed by atoms with Gasteiger partial charge in [0, 0.05) is 36.0 Å². The van der Waals surface area contributed by atoms with Crippen molar-refractivity contribution in [3.8, 4) is 0 Å². The zero-order chi connectivity index (χ0) is 15.6. The Morgan fingerprint density at radius 3 is 2.74 bits per heavy atom. The van der Waals surface area contributed by atoms with Crippen LogP contribution in [0.15, 0.2) is 51.8 Å². The summed E-state index contributed by atoms with van der Waals surface area (Å²) in [4.78, 5) is 13.6. The highest BCUT2D eigenvalue weighted by Crippen LogP contribution is 2.27. The third-order valence-electron chi connectivity index (χ3n) is 4.21. The van der Waals surface area contributed by atoms with Gasteiger partial charge in [0.25, 0.3) is 0 Å². The maximum atomic E-state index is 5.44. The Labute approximate surface area is 143 Å². The van der Waals surface area contributed by atoms with Crippen molar-refractivity contribution in [2.75, 3.05) is 31.1 Å². The summed E-state index contributed by atoms with van der Waals surface area (Å²) < 4.78 is 6.49. The molecule has 4 rings (SSSR count). The van der Waals surface area contributed by atoms with E-state index in [1.54, 1.807) is 12.6 Å². The summed E-state index contributed by atoms with van der Waals surface area (Å²) in [5, 5.41) is 1.10. The van der Waals surface area contributed by atoms with Crippen molar-refractivity contribution in [2.24, 2.45) is 0 Å². The first kappa shape index (κ1) is 14.7. The van der Waals surface area contributed by atoms with E-state index in [1.165, 1.54) is 0 Å². The molecule has 118 valence electrons. The van der Waals surface area contributed by atoms with Gasteiger partial charge in [-0.3, -0.25) is 4.90 Å². The third-order valence-corrected chi connectivity index (χ3v) is 4.70. The van der Waals surface area contributed by atoms with Crippen molar-refractivity contribution < 1.29 is 4.42 Å². The minimum atomic E-state index is 0.872. The van der Waals surface area contributed by atoms with Crippen LogP contribution in [0.5, 0.6) is 0 Å². The molecule has 0 radical (unpaired) electrons. The minimum absolute atomic E-state index is 0.872. The van der Waals surface area contributed by atoms with Crippen LogP contribution in [0.3, 0.4) is 0 Å². The molecule has 23 heavy (non-hydrogen) atoms. The van der Waals surface area contributed by atoms with E-state index >= 15 is 0 Å². The predicted octanol–water partition coefficient (Wildman–Crippen LogP) is 3.31. The Hall–Kier alpha value is -1.92. The molecule has 5 nitrogen and oxygen atoms in total. The van der Waals surface area contributed by atoms with Crippen LogP contribution < -0.4 is 4.90 Å². The topological polar surface area (TPSA) is 45.4 Å². The lowest BCUT2D eigenvalue weighted by atomic mass is 10.2. The van der Waals surface area contributed by atoms with Crippen LogP contribution in [0.2, 0.25) is 0 Å². The highest BCUT2D eigenvalue weighted by molar-refractivity contribution is 9.10. The van der Waals surface area contributed by atoms with Gasteiger partial charge in [0.2, 0.25) is 0 Å². The summed E-state index contributed by atoms with van der Waals surface area (Å²) >= 11 is 3.54. The monoisotopic (exact) mass is 372 g/mol. The summed E-state index contributed by atoms with van der Waals surface area (Å²) in [5.74, 6) is 2.05. The van der Waals surface area contributed by atoms with Gasteiger partial charge in [0.05, 0.1) is 18.3 Å². The second kappa shape index (κ2) is 6.29. The number of aromatic nitrogens is 2. The van der Waals surface area contributed by atoms with Crippen molar-refractivity contribution in [1.29, 1.82) is 0 Å². The first-order chi connectivity index (χ1) is 11.3. The zero-order valence-electron chi connectivity index (χ0n) is 12.7. The Kier molecular flexibility index (Phi) is 4.01. The molecule has 1 saturated heterocycles. The predicted molar refractivity (Wildman–Crippen MR) is 93.4 cm³/mol. The SMILES string of the molecule is Brc1ccc2ncnc(N3CCN(Cc4ccco4)CC3)c2c1. The number of fused-ring (bicyclic) bond motifs is 1. The van der Waals surface area contributed by atoms with E-state index in [0.717, 1.165) is 59.7 Å². The summed E-state index contributed by atoms with van der Waals surface area (Å²) in [6, 6.07) is 10.1. The first-order valence-corrected chi connectivity index (χ1v) is 8.49. The van der Waals surface area contributed by atoms with Gasteiger partial charge in [-0.1, -0.05) is 15.9 Å². The zero-order valence-corrected chi connectivity index (χ0v) is 14.2. The van der Waals surface area contributed by atoms with Gasteiger partial charge < -0.3 is 9.32 Å². The van der Waals surface area contributed by atoms with Crippen LogP contribution in [-0.2, 0) is 6.54 Å². The number of furan rings is 1. The molecule has 1 aromatic carbocycles. The van der Waals surface area contributed by atoms with Crippen molar-refractivity contribution in [3.05, 3.63) is 53.2 Å². The molecule has 0 unspecified atom stereocenters. The van der Waals surface area contributed by atoms with Gasteiger partial charge in [-0.15, -0.1) is 0 Å². The van der Waals surface area contributed by atoms with Crippen molar-refractivity contribution in [2.45, 2.75) is 6.54 Å². The van der Waals surface area contributed by atoms with Crippen LogP contribution in [0.1, 0.15) is 5.76 Å². The summed E-state index contributed by atoms with van der Waals surface area (Å²) in [7, 11) is 0. The average Bonchev–Trinajstić information content (AvgIpc) is 3.08. The van der Waals surface area contributed by atoms with Crippen LogP contribution in [0, 0.1) is 0 Å². The highest BCUT2D eigenvalue weighted by Gasteiger charge is 2.20. The standard InChI is InChI=1S/C17H17BrN4O/c18-13-3-4-16-15(10-13)17(20-12-19-16)22-7-5-21(6-8-22)11-14-2-1-9-23-14/h1-4,9-10,12H,5-8,11H2. The smallest absolute Gasteiger partial charge is 0.140 e. The molecule has 0 atom stereocenters. The second-order valence-corrected chi connectivity index (χ2v) is 6.62. The van der Waals surface area contributed by atoms with E-state index in [1.807, 2.05) is 24.3 Å². The molecule has 1 aliphatic rings. The van der Waals surface area contributed by atoms with Gasteiger partial charge in [0.15, 0.2) is 0 Å². The molecule has 3 aromatic rings. The van der Waals surface area contributed by atoms with Crippen LogP contribution in [0.25, 0.3) is 10.9 Å². The summed E-state index contributed by atoms with van der Waals surface area (Å²) in [5.41, 5.74) is 0.983. The van der Waals surface area contributed by atoms with Crippen LogP contribution in [0.4, 0.5) is 5.82 Å². The van der Waals surface area contributed by atoms with Gasteiger partial charge in [0.1, 0.15) is 17.9 Å².